The predicted molar refractivity (Wildman–Crippen MR) is 95.9 cm³/mol. The monoisotopic (exact) mass is 334 g/mol. The van der Waals surface area contributed by atoms with Crippen molar-refractivity contribution in [3.63, 3.8) is 0 Å². The lowest BCUT2D eigenvalue weighted by atomic mass is 10.2. The van der Waals surface area contributed by atoms with Gasteiger partial charge in [0.2, 0.25) is 0 Å². The first-order chi connectivity index (χ1) is 12.2. The zero-order valence-corrected chi connectivity index (χ0v) is 13.8. The van der Waals surface area contributed by atoms with E-state index in [-0.39, 0.29) is 11.6 Å². The van der Waals surface area contributed by atoms with Gasteiger partial charge in [-0.2, -0.15) is 0 Å². The molecule has 0 atom stereocenters. The normalized spacial score (nSPS) is 10.1. The second-order valence-corrected chi connectivity index (χ2v) is 5.33. The van der Waals surface area contributed by atoms with Gasteiger partial charge in [0.05, 0.1) is 7.11 Å². The van der Waals surface area contributed by atoms with Crippen molar-refractivity contribution in [3.05, 3.63) is 78.0 Å². The largest absolute Gasteiger partial charge is 0.497 e. The molecule has 25 heavy (non-hydrogen) atoms. The molecule has 0 saturated carbocycles. The van der Waals surface area contributed by atoms with E-state index in [4.69, 9.17) is 4.74 Å². The van der Waals surface area contributed by atoms with Crippen molar-refractivity contribution in [1.29, 1.82) is 0 Å². The van der Waals surface area contributed by atoms with Crippen molar-refractivity contribution in [2.45, 2.75) is 6.54 Å². The van der Waals surface area contributed by atoms with E-state index in [0.29, 0.717) is 12.4 Å². The van der Waals surface area contributed by atoms with Crippen molar-refractivity contribution >= 4 is 17.4 Å². The molecule has 0 bridgehead atoms. The fraction of sp³-hybridized carbons (Fsp3) is 0.105. The van der Waals surface area contributed by atoms with Crippen LogP contribution in [0.15, 0.2) is 66.7 Å². The Labute approximate surface area is 145 Å². The summed E-state index contributed by atoms with van der Waals surface area (Å²) in [5, 5.41) is 13.9. The lowest BCUT2D eigenvalue weighted by molar-refractivity contribution is 0.0945. The van der Waals surface area contributed by atoms with Crippen LogP contribution in [0, 0.1) is 0 Å². The second kappa shape index (κ2) is 7.92. The van der Waals surface area contributed by atoms with Crippen LogP contribution in [0.3, 0.4) is 0 Å². The zero-order valence-electron chi connectivity index (χ0n) is 13.8. The smallest absolute Gasteiger partial charge is 0.272 e. The molecule has 6 nitrogen and oxygen atoms in total. The minimum absolute atomic E-state index is 0.269. The van der Waals surface area contributed by atoms with Crippen LogP contribution in [0.5, 0.6) is 5.75 Å². The van der Waals surface area contributed by atoms with Crippen LogP contribution in [-0.4, -0.2) is 23.2 Å². The number of carbonyl (C=O) groups excluding carboxylic acids is 1. The third-order valence-electron chi connectivity index (χ3n) is 3.56. The van der Waals surface area contributed by atoms with E-state index < -0.39 is 0 Å². The molecule has 0 radical (unpaired) electrons. The van der Waals surface area contributed by atoms with E-state index in [1.54, 1.807) is 19.2 Å². The van der Waals surface area contributed by atoms with Gasteiger partial charge in [-0.3, -0.25) is 4.79 Å². The number of benzene rings is 2. The standard InChI is InChI=1S/C19H18N4O2/c1-25-16-9-7-14(8-10-16)13-20-19(24)17-11-12-18(23-22-17)21-15-5-3-2-4-6-15/h2-12H,13H2,1H3,(H,20,24)(H,21,23). The highest BCUT2D eigenvalue weighted by Gasteiger charge is 2.08. The van der Waals surface area contributed by atoms with Gasteiger partial charge in [0.25, 0.3) is 5.91 Å². The van der Waals surface area contributed by atoms with E-state index in [2.05, 4.69) is 20.8 Å². The number of anilines is 2. The summed E-state index contributed by atoms with van der Waals surface area (Å²) >= 11 is 0. The molecule has 1 heterocycles. The summed E-state index contributed by atoms with van der Waals surface area (Å²) in [6.45, 7) is 0.411. The minimum Gasteiger partial charge on any atom is -0.497 e. The molecule has 0 aliphatic heterocycles. The van der Waals surface area contributed by atoms with Gasteiger partial charge >= 0.3 is 0 Å². The quantitative estimate of drug-likeness (QED) is 0.724. The number of ether oxygens (including phenoxy) is 1. The highest BCUT2D eigenvalue weighted by Crippen LogP contribution is 2.13. The molecule has 2 aromatic carbocycles. The molecule has 0 unspecified atom stereocenters. The number of aromatic nitrogens is 2. The van der Waals surface area contributed by atoms with Crippen LogP contribution in [0.25, 0.3) is 0 Å². The van der Waals surface area contributed by atoms with Crippen molar-refractivity contribution in [1.82, 2.24) is 15.5 Å². The summed E-state index contributed by atoms with van der Waals surface area (Å²) in [6, 6.07) is 20.5. The summed E-state index contributed by atoms with van der Waals surface area (Å²) < 4.78 is 5.11. The van der Waals surface area contributed by atoms with E-state index in [1.807, 2.05) is 54.6 Å². The lowest BCUT2D eigenvalue weighted by Gasteiger charge is -2.07. The molecule has 6 heteroatoms. The zero-order chi connectivity index (χ0) is 17.5. The molecule has 3 rings (SSSR count). The van der Waals surface area contributed by atoms with Crippen molar-refractivity contribution in [2.24, 2.45) is 0 Å². The maximum atomic E-state index is 12.2. The first-order valence-electron chi connectivity index (χ1n) is 7.81. The molecule has 0 aliphatic rings. The maximum Gasteiger partial charge on any atom is 0.272 e. The van der Waals surface area contributed by atoms with Crippen LogP contribution in [0.4, 0.5) is 11.5 Å². The molecule has 126 valence electrons. The molecule has 1 amide bonds. The van der Waals surface area contributed by atoms with Crippen LogP contribution in [0.2, 0.25) is 0 Å². The van der Waals surface area contributed by atoms with Gasteiger partial charge in [0.15, 0.2) is 11.5 Å². The summed E-state index contributed by atoms with van der Waals surface area (Å²) in [4.78, 5) is 12.2. The molecule has 3 aromatic rings. The summed E-state index contributed by atoms with van der Waals surface area (Å²) in [6.07, 6.45) is 0. The Morgan fingerprint density at radius 2 is 1.72 bits per heavy atom. The number of nitrogens with one attached hydrogen (secondary N) is 2. The number of methoxy groups -OCH3 is 1. The molecule has 0 aliphatic carbocycles. The van der Waals surface area contributed by atoms with Crippen LogP contribution >= 0.6 is 0 Å². The number of nitrogens with zero attached hydrogens (tertiary/aromatic N) is 2. The summed E-state index contributed by atoms with van der Waals surface area (Å²) in [5.74, 6) is 1.09. The summed E-state index contributed by atoms with van der Waals surface area (Å²) in [5.41, 5.74) is 2.16. The SMILES string of the molecule is COc1ccc(CNC(=O)c2ccc(Nc3ccccc3)nn2)cc1. The Kier molecular flexibility index (Phi) is 5.21. The van der Waals surface area contributed by atoms with E-state index >= 15 is 0 Å². The van der Waals surface area contributed by atoms with E-state index in [9.17, 15) is 4.79 Å². The number of para-hydroxylation sites is 1. The van der Waals surface area contributed by atoms with Gasteiger partial charge < -0.3 is 15.4 Å². The number of carbonyl (C=O) groups is 1. The highest BCUT2D eigenvalue weighted by molar-refractivity contribution is 5.92. The van der Waals surface area contributed by atoms with E-state index in [0.717, 1.165) is 17.0 Å². The first kappa shape index (κ1) is 16.4. The molecule has 0 fully saturated rings. The van der Waals surface area contributed by atoms with Gasteiger partial charge in [0, 0.05) is 12.2 Å². The fourth-order valence-electron chi connectivity index (χ4n) is 2.21. The Morgan fingerprint density at radius 1 is 0.960 bits per heavy atom. The lowest BCUT2D eigenvalue weighted by Crippen LogP contribution is -2.24. The minimum atomic E-state index is -0.269. The average molecular weight is 334 g/mol. The molecule has 1 aromatic heterocycles. The Balaban J connectivity index is 1.56. The van der Waals surface area contributed by atoms with E-state index in [1.165, 1.54) is 0 Å². The first-order valence-corrected chi connectivity index (χ1v) is 7.81. The van der Waals surface area contributed by atoms with Crippen molar-refractivity contribution < 1.29 is 9.53 Å². The predicted octanol–water partition coefficient (Wildman–Crippen LogP) is 3.16. The third-order valence-corrected chi connectivity index (χ3v) is 3.56. The fourth-order valence-corrected chi connectivity index (χ4v) is 2.21. The van der Waals surface area contributed by atoms with Gasteiger partial charge in [-0.05, 0) is 42.0 Å². The Morgan fingerprint density at radius 3 is 2.36 bits per heavy atom. The number of rotatable bonds is 6. The molecule has 2 N–H and O–H groups in total. The number of hydrogen-bond acceptors (Lipinski definition) is 5. The molecule has 0 spiro atoms. The third kappa shape index (κ3) is 4.54. The molecule has 0 saturated heterocycles. The van der Waals surface area contributed by atoms with Crippen LogP contribution in [-0.2, 0) is 6.54 Å². The highest BCUT2D eigenvalue weighted by atomic mass is 16.5. The summed E-state index contributed by atoms with van der Waals surface area (Å²) in [7, 11) is 1.62. The topological polar surface area (TPSA) is 76.1 Å². The van der Waals surface area contributed by atoms with Crippen LogP contribution in [0.1, 0.15) is 16.1 Å². The molecular weight excluding hydrogens is 316 g/mol. The van der Waals surface area contributed by atoms with Gasteiger partial charge in [-0.15, -0.1) is 10.2 Å². The van der Waals surface area contributed by atoms with Crippen LogP contribution < -0.4 is 15.4 Å². The van der Waals surface area contributed by atoms with Crippen molar-refractivity contribution in [2.75, 3.05) is 12.4 Å². The van der Waals surface area contributed by atoms with Crippen molar-refractivity contribution in [3.8, 4) is 5.75 Å². The Bertz CT molecular complexity index is 818. The average Bonchev–Trinajstić information content (AvgIpc) is 2.68. The molecular formula is C19H18N4O2. The number of hydrogen-bond donors (Lipinski definition) is 2. The maximum absolute atomic E-state index is 12.2. The number of amides is 1. The van der Waals surface area contributed by atoms with Gasteiger partial charge in [-0.1, -0.05) is 30.3 Å². The Hall–Kier alpha value is -3.41. The second-order valence-electron chi connectivity index (χ2n) is 5.33. The van der Waals surface area contributed by atoms with Gasteiger partial charge in [0.1, 0.15) is 5.75 Å². The van der Waals surface area contributed by atoms with Gasteiger partial charge in [-0.25, -0.2) is 0 Å².